The van der Waals surface area contributed by atoms with Crippen molar-refractivity contribution >= 4 is 18.1 Å². The maximum absolute atomic E-state index is 12.4. The standard InChI is InChI=1S/C17H24N4O4S/c1-5-6-15-19-20-17(26)21(15)10-16(22)18-9-11-7-13(24-3)14(25-4)8-12(11)23-2/h7-8H,5-6,9-10H2,1-4H3,(H,18,22)(H,20,26). The van der Waals surface area contributed by atoms with Gasteiger partial charge >= 0.3 is 0 Å². The number of carbonyl (C=O) groups is 1. The molecule has 0 saturated heterocycles. The largest absolute Gasteiger partial charge is 0.496 e. The van der Waals surface area contributed by atoms with Crippen LogP contribution in [0.25, 0.3) is 0 Å². The van der Waals surface area contributed by atoms with Crippen molar-refractivity contribution in [3.8, 4) is 17.2 Å². The van der Waals surface area contributed by atoms with Crippen molar-refractivity contribution in [1.82, 2.24) is 20.1 Å². The van der Waals surface area contributed by atoms with Crippen LogP contribution in [0.15, 0.2) is 12.1 Å². The molecule has 2 aromatic rings. The van der Waals surface area contributed by atoms with Crippen LogP contribution < -0.4 is 19.5 Å². The minimum absolute atomic E-state index is 0.111. The summed E-state index contributed by atoms with van der Waals surface area (Å²) in [6, 6.07) is 3.51. The first kappa shape index (κ1) is 19.8. The maximum Gasteiger partial charge on any atom is 0.240 e. The fourth-order valence-corrected chi connectivity index (χ4v) is 2.77. The van der Waals surface area contributed by atoms with E-state index in [1.165, 1.54) is 0 Å². The molecule has 1 aromatic carbocycles. The summed E-state index contributed by atoms with van der Waals surface area (Å²) < 4.78 is 18.1. The third-order valence-electron chi connectivity index (χ3n) is 3.88. The Hall–Kier alpha value is -2.55. The highest BCUT2D eigenvalue weighted by atomic mass is 32.1. The number of benzene rings is 1. The van der Waals surface area contributed by atoms with Gasteiger partial charge in [-0.05, 0) is 24.7 Å². The predicted molar refractivity (Wildman–Crippen MR) is 99.4 cm³/mol. The number of aryl methyl sites for hydroxylation is 1. The zero-order valence-corrected chi connectivity index (χ0v) is 16.2. The molecule has 1 amide bonds. The smallest absolute Gasteiger partial charge is 0.240 e. The van der Waals surface area contributed by atoms with Crippen molar-refractivity contribution in [3.63, 3.8) is 0 Å². The van der Waals surface area contributed by atoms with Gasteiger partial charge in [-0.2, -0.15) is 5.10 Å². The zero-order chi connectivity index (χ0) is 19.1. The lowest BCUT2D eigenvalue weighted by atomic mass is 10.1. The molecule has 1 aromatic heterocycles. The molecule has 0 aliphatic carbocycles. The number of aromatic nitrogens is 3. The van der Waals surface area contributed by atoms with Crippen molar-refractivity contribution in [2.45, 2.75) is 32.9 Å². The van der Waals surface area contributed by atoms with E-state index in [9.17, 15) is 4.79 Å². The van der Waals surface area contributed by atoms with Gasteiger partial charge in [0, 0.05) is 24.6 Å². The van der Waals surface area contributed by atoms with E-state index in [1.54, 1.807) is 38.0 Å². The third-order valence-corrected chi connectivity index (χ3v) is 4.19. The molecule has 0 saturated carbocycles. The van der Waals surface area contributed by atoms with E-state index < -0.39 is 0 Å². The van der Waals surface area contributed by atoms with Crippen molar-refractivity contribution in [2.24, 2.45) is 0 Å². The molecule has 2 rings (SSSR count). The third kappa shape index (κ3) is 4.54. The number of carbonyl (C=O) groups excluding carboxylic acids is 1. The first-order valence-corrected chi connectivity index (χ1v) is 8.64. The Kier molecular flexibility index (Phi) is 7.02. The van der Waals surface area contributed by atoms with Gasteiger partial charge in [0.2, 0.25) is 5.91 Å². The van der Waals surface area contributed by atoms with Gasteiger partial charge < -0.3 is 19.5 Å². The minimum atomic E-state index is -0.170. The van der Waals surface area contributed by atoms with E-state index in [0.29, 0.717) is 22.0 Å². The number of ether oxygens (including phenoxy) is 3. The normalized spacial score (nSPS) is 10.5. The number of methoxy groups -OCH3 is 3. The molecule has 2 N–H and O–H groups in total. The van der Waals surface area contributed by atoms with E-state index in [4.69, 9.17) is 26.4 Å². The Bertz CT molecular complexity index is 816. The second-order valence-electron chi connectivity index (χ2n) is 5.58. The number of hydrogen-bond donors (Lipinski definition) is 2. The highest BCUT2D eigenvalue weighted by Crippen LogP contribution is 2.34. The van der Waals surface area contributed by atoms with Crippen LogP contribution in [0.4, 0.5) is 0 Å². The number of nitrogens with zero attached hydrogens (tertiary/aromatic N) is 2. The number of amides is 1. The number of rotatable bonds is 9. The lowest BCUT2D eigenvalue weighted by Crippen LogP contribution is -2.28. The van der Waals surface area contributed by atoms with Gasteiger partial charge in [0.1, 0.15) is 18.1 Å². The molecule has 0 unspecified atom stereocenters. The Morgan fingerprint density at radius 3 is 2.46 bits per heavy atom. The van der Waals surface area contributed by atoms with Crippen molar-refractivity contribution < 1.29 is 19.0 Å². The van der Waals surface area contributed by atoms with Crippen LogP contribution in [0.5, 0.6) is 17.2 Å². The van der Waals surface area contributed by atoms with E-state index in [1.807, 2.05) is 6.92 Å². The summed E-state index contributed by atoms with van der Waals surface area (Å²) in [6.45, 7) is 2.45. The van der Waals surface area contributed by atoms with Gasteiger partial charge in [0.05, 0.1) is 21.3 Å². The van der Waals surface area contributed by atoms with Crippen molar-refractivity contribution in [3.05, 3.63) is 28.3 Å². The van der Waals surface area contributed by atoms with Gasteiger partial charge in [0.25, 0.3) is 0 Å². The Morgan fingerprint density at radius 1 is 1.19 bits per heavy atom. The SMILES string of the molecule is CCCc1n[nH]c(=S)n1CC(=O)NCc1cc(OC)c(OC)cc1OC. The highest BCUT2D eigenvalue weighted by Gasteiger charge is 2.14. The molecule has 0 atom stereocenters. The van der Waals surface area contributed by atoms with Gasteiger partial charge in [-0.25, -0.2) is 0 Å². The van der Waals surface area contributed by atoms with Gasteiger partial charge in [-0.15, -0.1) is 0 Å². The van der Waals surface area contributed by atoms with Crippen molar-refractivity contribution in [2.75, 3.05) is 21.3 Å². The zero-order valence-electron chi connectivity index (χ0n) is 15.4. The summed E-state index contributed by atoms with van der Waals surface area (Å²) in [6.07, 6.45) is 1.67. The highest BCUT2D eigenvalue weighted by molar-refractivity contribution is 7.71. The summed E-state index contributed by atoms with van der Waals surface area (Å²) in [5.41, 5.74) is 0.781. The number of hydrogen-bond acceptors (Lipinski definition) is 6. The molecule has 26 heavy (non-hydrogen) atoms. The van der Waals surface area contributed by atoms with Gasteiger partial charge in [-0.1, -0.05) is 6.92 Å². The molecule has 8 nitrogen and oxygen atoms in total. The molecule has 0 bridgehead atoms. The average molecular weight is 380 g/mol. The van der Waals surface area contributed by atoms with E-state index >= 15 is 0 Å². The van der Waals surface area contributed by atoms with E-state index in [2.05, 4.69) is 15.5 Å². The molecule has 0 radical (unpaired) electrons. The molecule has 0 aliphatic heterocycles. The molecular weight excluding hydrogens is 356 g/mol. The first-order chi connectivity index (χ1) is 12.5. The van der Waals surface area contributed by atoms with Crippen LogP contribution in [0.1, 0.15) is 24.7 Å². The minimum Gasteiger partial charge on any atom is -0.496 e. The van der Waals surface area contributed by atoms with Crippen molar-refractivity contribution in [1.29, 1.82) is 0 Å². The molecular formula is C17H24N4O4S. The summed E-state index contributed by atoms with van der Waals surface area (Å²) in [5, 5.41) is 9.77. The van der Waals surface area contributed by atoms with Gasteiger partial charge in [0.15, 0.2) is 16.3 Å². The van der Waals surface area contributed by atoms with E-state index in [0.717, 1.165) is 24.2 Å². The topological polar surface area (TPSA) is 90.4 Å². The van der Waals surface area contributed by atoms with Crippen LogP contribution in [-0.2, 0) is 24.3 Å². The van der Waals surface area contributed by atoms with Crippen LogP contribution in [-0.4, -0.2) is 42.0 Å². The Labute approximate surface area is 157 Å². The fourth-order valence-electron chi connectivity index (χ4n) is 2.55. The first-order valence-electron chi connectivity index (χ1n) is 8.23. The lowest BCUT2D eigenvalue weighted by Gasteiger charge is -2.15. The summed E-state index contributed by atoms with van der Waals surface area (Å²) in [5.74, 6) is 2.34. The van der Waals surface area contributed by atoms with Gasteiger partial charge in [-0.3, -0.25) is 14.5 Å². The molecule has 1 heterocycles. The number of H-pyrrole nitrogens is 1. The second kappa shape index (κ2) is 9.23. The number of aromatic amines is 1. The average Bonchev–Trinajstić information content (AvgIpc) is 2.99. The predicted octanol–water partition coefficient (Wildman–Crippen LogP) is 2.24. The van der Waals surface area contributed by atoms with Crippen LogP contribution >= 0.6 is 12.2 Å². The monoisotopic (exact) mass is 380 g/mol. The number of nitrogens with one attached hydrogen (secondary N) is 2. The Morgan fingerprint density at radius 2 is 1.85 bits per heavy atom. The molecule has 9 heteroatoms. The molecule has 0 aliphatic rings. The van der Waals surface area contributed by atoms with Crippen LogP contribution in [0.3, 0.4) is 0 Å². The Balaban J connectivity index is 2.10. The maximum atomic E-state index is 12.4. The fraction of sp³-hybridized carbons (Fsp3) is 0.471. The molecule has 0 spiro atoms. The molecule has 0 fully saturated rings. The summed E-state index contributed by atoms with van der Waals surface area (Å²) >= 11 is 5.20. The van der Waals surface area contributed by atoms with Crippen LogP contribution in [0, 0.1) is 4.77 Å². The second-order valence-corrected chi connectivity index (χ2v) is 5.96. The van der Waals surface area contributed by atoms with E-state index in [-0.39, 0.29) is 19.0 Å². The lowest BCUT2D eigenvalue weighted by molar-refractivity contribution is -0.121. The molecule has 142 valence electrons. The van der Waals surface area contributed by atoms with Crippen LogP contribution in [0.2, 0.25) is 0 Å². The summed E-state index contributed by atoms with van der Waals surface area (Å²) in [4.78, 5) is 12.4. The summed E-state index contributed by atoms with van der Waals surface area (Å²) in [7, 11) is 4.68. The quantitative estimate of drug-likeness (QED) is 0.649.